The van der Waals surface area contributed by atoms with Crippen molar-refractivity contribution in [3.63, 3.8) is 0 Å². The van der Waals surface area contributed by atoms with Crippen LogP contribution >= 0.6 is 0 Å². The standard InChI is InChI=1S/C17H25N5O2/c1-10(2)22-11(3)8-14(12(22)4)17(23)21-6-7-24-15(9-21)16-18-13(5)19-20-16/h8,10,15H,6-7,9H2,1-5H3,(H,18,19,20). The highest BCUT2D eigenvalue weighted by molar-refractivity contribution is 5.95. The number of H-pyrrole nitrogens is 1. The lowest BCUT2D eigenvalue weighted by Crippen LogP contribution is -2.42. The third-order valence-corrected chi connectivity index (χ3v) is 4.49. The molecule has 1 unspecified atom stereocenters. The van der Waals surface area contributed by atoms with Gasteiger partial charge in [-0.25, -0.2) is 4.98 Å². The predicted molar refractivity (Wildman–Crippen MR) is 90.0 cm³/mol. The zero-order valence-electron chi connectivity index (χ0n) is 15.0. The van der Waals surface area contributed by atoms with Crippen LogP contribution in [-0.4, -0.2) is 50.3 Å². The fraction of sp³-hybridized carbons (Fsp3) is 0.588. The topological polar surface area (TPSA) is 76.0 Å². The van der Waals surface area contributed by atoms with Crippen molar-refractivity contribution >= 4 is 5.91 Å². The summed E-state index contributed by atoms with van der Waals surface area (Å²) in [7, 11) is 0. The molecular weight excluding hydrogens is 306 g/mol. The van der Waals surface area contributed by atoms with Crippen molar-refractivity contribution in [1.82, 2.24) is 24.6 Å². The Hall–Kier alpha value is -2.15. The van der Waals surface area contributed by atoms with Crippen LogP contribution in [0.1, 0.15) is 59.4 Å². The second kappa shape index (κ2) is 6.39. The highest BCUT2D eigenvalue weighted by Gasteiger charge is 2.30. The Bertz CT molecular complexity index is 746. The molecule has 1 atom stereocenters. The zero-order valence-corrected chi connectivity index (χ0v) is 15.0. The van der Waals surface area contributed by atoms with Gasteiger partial charge in [-0.3, -0.25) is 9.89 Å². The van der Waals surface area contributed by atoms with Gasteiger partial charge in [-0.05, 0) is 40.7 Å². The van der Waals surface area contributed by atoms with E-state index in [0.29, 0.717) is 31.6 Å². The van der Waals surface area contributed by atoms with Crippen molar-refractivity contribution in [1.29, 1.82) is 0 Å². The average Bonchev–Trinajstić information content (AvgIpc) is 3.10. The van der Waals surface area contributed by atoms with Crippen molar-refractivity contribution in [2.75, 3.05) is 19.7 Å². The number of nitrogens with zero attached hydrogens (tertiary/aromatic N) is 4. The first-order valence-corrected chi connectivity index (χ1v) is 8.36. The first kappa shape index (κ1) is 16.7. The van der Waals surface area contributed by atoms with Crippen LogP contribution in [0, 0.1) is 20.8 Å². The maximum atomic E-state index is 13.0. The van der Waals surface area contributed by atoms with E-state index in [4.69, 9.17) is 4.74 Å². The summed E-state index contributed by atoms with van der Waals surface area (Å²) >= 11 is 0. The molecule has 0 radical (unpaired) electrons. The molecule has 0 spiro atoms. The minimum absolute atomic E-state index is 0.0514. The summed E-state index contributed by atoms with van der Waals surface area (Å²) in [4.78, 5) is 19.2. The van der Waals surface area contributed by atoms with Crippen LogP contribution in [0.15, 0.2) is 6.07 Å². The van der Waals surface area contributed by atoms with Gasteiger partial charge in [-0.1, -0.05) is 0 Å². The van der Waals surface area contributed by atoms with Gasteiger partial charge in [-0.2, -0.15) is 5.10 Å². The molecule has 7 nitrogen and oxygen atoms in total. The molecule has 1 N–H and O–H groups in total. The second-order valence-corrected chi connectivity index (χ2v) is 6.64. The van der Waals surface area contributed by atoms with E-state index in [1.807, 2.05) is 31.7 Å². The number of rotatable bonds is 3. The van der Waals surface area contributed by atoms with Gasteiger partial charge in [0.1, 0.15) is 11.9 Å². The molecule has 24 heavy (non-hydrogen) atoms. The summed E-state index contributed by atoms with van der Waals surface area (Å²) < 4.78 is 7.95. The number of carbonyl (C=O) groups excluding carboxylic acids is 1. The smallest absolute Gasteiger partial charge is 0.255 e. The van der Waals surface area contributed by atoms with Gasteiger partial charge < -0.3 is 14.2 Å². The Morgan fingerprint density at radius 1 is 1.38 bits per heavy atom. The average molecular weight is 331 g/mol. The molecule has 0 aromatic carbocycles. The summed E-state index contributed by atoms with van der Waals surface area (Å²) in [5.41, 5.74) is 2.90. The molecule has 1 fully saturated rings. The molecule has 1 amide bonds. The summed E-state index contributed by atoms with van der Waals surface area (Å²) in [6.07, 6.45) is -0.277. The fourth-order valence-corrected chi connectivity index (χ4v) is 3.45. The maximum absolute atomic E-state index is 13.0. The molecule has 0 saturated carbocycles. The minimum atomic E-state index is -0.277. The molecule has 1 saturated heterocycles. The van der Waals surface area contributed by atoms with E-state index in [1.54, 1.807) is 0 Å². The minimum Gasteiger partial charge on any atom is -0.366 e. The number of aromatic amines is 1. The van der Waals surface area contributed by atoms with Crippen molar-refractivity contribution in [3.05, 3.63) is 34.7 Å². The van der Waals surface area contributed by atoms with Crippen LogP contribution in [0.2, 0.25) is 0 Å². The number of morpholine rings is 1. The van der Waals surface area contributed by atoms with Crippen molar-refractivity contribution in [3.8, 4) is 0 Å². The Morgan fingerprint density at radius 3 is 2.71 bits per heavy atom. The number of aryl methyl sites for hydroxylation is 2. The summed E-state index contributed by atoms with van der Waals surface area (Å²) in [6.45, 7) is 11.7. The number of hydrogen-bond acceptors (Lipinski definition) is 4. The van der Waals surface area contributed by atoms with Gasteiger partial charge in [0, 0.05) is 24.0 Å². The molecule has 0 bridgehead atoms. The summed E-state index contributed by atoms with van der Waals surface area (Å²) in [5.74, 6) is 1.41. The third-order valence-electron chi connectivity index (χ3n) is 4.49. The van der Waals surface area contributed by atoms with Crippen LogP contribution in [-0.2, 0) is 4.74 Å². The quantitative estimate of drug-likeness (QED) is 0.936. The number of aromatic nitrogens is 4. The van der Waals surface area contributed by atoms with E-state index in [9.17, 15) is 4.79 Å². The van der Waals surface area contributed by atoms with E-state index in [-0.39, 0.29) is 12.0 Å². The van der Waals surface area contributed by atoms with E-state index < -0.39 is 0 Å². The molecule has 0 aliphatic carbocycles. The van der Waals surface area contributed by atoms with Crippen LogP contribution < -0.4 is 0 Å². The van der Waals surface area contributed by atoms with Gasteiger partial charge in [0.25, 0.3) is 5.91 Å². The monoisotopic (exact) mass is 331 g/mol. The Kier molecular flexibility index (Phi) is 4.45. The van der Waals surface area contributed by atoms with Gasteiger partial charge >= 0.3 is 0 Å². The van der Waals surface area contributed by atoms with Crippen LogP contribution in [0.25, 0.3) is 0 Å². The normalized spacial score (nSPS) is 18.4. The van der Waals surface area contributed by atoms with E-state index in [0.717, 1.165) is 22.8 Å². The number of ether oxygens (including phenoxy) is 1. The first-order valence-electron chi connectivity index (χ1n) is 8.36. The highest BCUT2D eigenvalue weighted by atomic mass is 16.5. The molecular formula is C17H25N5O2. The molecule has 3 rings (SSSR count). The molecule has 7 heteroatoms. The number of nitrogens with one attached hydrogen (secondary N) is 1. The maximum Gasteiger partial charge on any atom is 0.255 e. The van der Waals surface area contributed by atoms with Crippen molar-refractivity contribution in [2.45, 2.75) is 46.8 Å². The molecule has 2 aromatic heterocycles. The van der Waals surface area contributed by atoms with E-state index in [2.05, 4.69) is 33.6 Å². The first-order chi connectivity index (χ1) is 11.4. The van der Waals surface area contributed by atoms with Crippen LogP contribution in [0.3, 0.4) is 0 Å². The van der Waals surface area contributed by atoms with Gasteiger partial charge in [0.15, 0.2) is 5.82 Å². The van der Waals surface area contributed by atoms with Crippen molar-refractivity contribution < 1.29 is 9.53 Å². The number of amides is 1. The van der Waals surface area contributed by atoms with Gasteiger partial charge in [0.2, 0.25) is 0 Å². The Labute approximate surface area is 142 Å². The summed E-state index contributed by atoms with van der Waals surface area (Å²) in [6, 6.07) is 2.32. The predicted octanol–water partition coefficient (Wildman–Crippen LogP) is 2.33. The second-order valence-electron chi connectivity index (χ2n) is 6.64. The molecule has 2 aromatic rings. The number of hydrogen-bond donors (Lipinski definition) is 1. The Morgan fingerprint density at radius 2 is 2.12 bits per heavy atom. The van der Waals surface area contributed by atoms with Gasteiger partial charge in [0.05, 0.1) is 18.7 Å². The van der Waals surface area contributed by atoms with E-state index >= 15 is 0 Å². The van der Waals surface area contributed by atoms with Crippen LogP contribution in [0.5, 0.6) is 0 Å². The van der Waals surface area contributed by atoms with Crippen LogP contribution in [0.4, 0.5) is 0 Å². The Balaban J connectivity index is 1.81. The molecule has 130 valence electrons. The summed E-state index contributed by atoms with van der Waals surface area (Å²) in [5, 5.41) is 6.99. The van der Waals surface area contributed by atoms with E-state index in [1.165, 1.54) is 0 Å². The molecule has 1 aliphatic heterocycles. The third kappa shape index (κ3) is 2.96. The fourth-order valence-electron chi connectivity index (χ4n) is 3.45. The van der Waals surface area contributed by atoms with Gasteiger partial charge in [-0.15, -0.1) is 0 Å². The largest absolute Gasteiger partial charge is 0.366 e. The lowest BCUT2D eigenvalue weighted by Gasteiger charge is -2.31. The SMILES string of the molecule is Cc1nc(C2CN(C(=O)c3cc(C)n(C(C)C)c3C)CCO2)n[nH]1. The zero-order chi connectivity index (χ0) is 17.4. The molecule has 1 aliphatic rings. The van der Waals surface area contributed by atoms with Crippen molar-refractivity contribution in [2.24, 2.45) is 0 Å². The lowest BCUT2D eigenvalue weighted by molar-refractivity contribution is -0.0267. The lowest BCUT2D eigenvalue weighted by atomic mass is 10.1. The highest BCUT2D eigenvalue weighted by Crippen LogP contribution is 2.24. The number of carbonyl (C=O) groups is 1. The molecule has 3 heterocycles.